The predicted octanol–water partition coefficient (Wildman–Crippen LogP) is 2.41. The number of guanidine groups is 1. The molecule has 0 bridgehead atoms. The Morgan fingerprint density at radius 1 is 1.36 bits per heavy atom. The predicted molar refractivity (Wildman–Crippen MR) is 87.1 cm³/mol. The molecule has 1 aromatic rings. The fourth-order valence-electron chi connectivity index (χ4n) is 2.95. The van der Waals surface area contributed by atoms with E-state index in [2.05, 4.69) is 22.2 Å². The van der Waals surface area contributed by atoms with Gasteiger partial charge in [0.15, 0.2) is 0 Å². The number of halogens is 1. The summed E-state index contributed by atoms with van der Waals surface area (Å²) in [6.45, 7) is 9.37. The third-order valence-electron chi connectivity index (χ3n) is 4.19. The zero-order valence-corrected chi connectivity index (χ0v) is 13.3. The average Bonchev–Trinajstić information content (AvgIpc) is 2.53. The van der Waals surface area contributed by atoms with Gasteiger partial charge in [0.05, 0.1) is 11.7 Å². The topological polar surface area (TPSA) is 43.2 Å². The molecule has 1 fully saturated rings. The lowest BCUT2D eigenvalue weighted by molar-refractivity contribution is 0.258. The summed E-state index contributed by atoms with van der Waals surface area (Å²) in [5, 5.41) is 9.76. The van der Waals surface area contributed by atoms with E-state index < -0.39 is 0 Å². The molecule has 1 N–H and O–H groups in total. The number of rotatable bonds is 1. The molecule has 1 aromatic carbocycles. The molecule has 6 heteroatoms. The van der Waals surface area contributed by atoms with Crippen molar-refractivity contribution in [3.05, 3.63) is 29.1 Å². The van der Waals surface area contributed by atoms with Gasteiger partial charge in [-0.15, -0.1) is 0 Å². The summed E-state index contributed by atoms with van der Waals surface area (Å²) < 4.78 is 13.9. The maximum Gasteiger partial charge on any atom is 0.223 e. The van der Waals surface area contributed by atoms with E-state index in [1.54, 1.807) is 13.1 Å². The van der Waals surface area contributed by atoms with Gasteiger partial charge in [0.2, 0.25) is 5.96 Å². The van der Waals surface area contributed by atoms with E-state index in [4.69, 9.17) is 4.99 Å². The van der Waals surface area contributed by atoms with Gasteiger partial charge in [0.1, 0.15) is 5.82 Å². The van der Waals surface area contributed by atoms with Crippen molar-refractivity contribution in [2.45, 2.75) is 26.8 Å². The van der Waals surface area contributed by atoms with E-state index in [-0.39, 0.29) is 11.9 Å². The van der Waals surface area contributed by atoms with Crippen LogP contribution in [0, 0.1) is 12.7 Å². The Bertz CT molecular complexity index is 619. The number of nitrogens with one attached hydrogen (secondary N) is 1. The molecule has 2 aliphatic rings. The molecule has 1 atom stereocenters. The SMILES string of the molecule is C/C=N\N1C(N2CCNCC2)=Nc2cc(F)c(C)cc2C1C. The van der Waals surface area contributed by atoms with Gasteiger partial charge in [-0.05, 0) is 32.4 Å². The molecule has 0 radical (unpaired) electrons. The van der Waals surface area contributed by atoms with Crippen molar-refractivity contribution in [2.75, 3.05) is 26.2 Å². The number of benzene rings is 1. The standard InChI is InChI=1S/C16H22FN5/c1-4-19-22-12(3)13-9-11(2)14(17)10-15(13)20-16(22)21-7-5-18-6-8-21/h4,9-10,12,18H,5-8H2,1-3H3/b19-4-. The summed E-state index contributed by atoms with van der Waals surface area (Å²) in [6.07, 6.45) is 1.77. The van der Waals surface area contributed by atoms with Crippen LogP contribution in [-0.4, -0.2) is 48.3 Å². The molecule has 2 aliphatic heterocycles. The van der Waals surface area contributed by atoms with Crippen LogP contribution < -0.4 is 5.32 Å². The highest BCUT2D eigenvalue weighted by atomic mass is 19.1. The van der Waals surface area contributed by atoms with Gasteiger partial charge in [-0.2, -0.15) is 5.10 Å². The molecule has 2 heterocycles. The molecule has 118 valence electrons. The van der Waals surface area contributed by atoms with Crippen molar-refractivity contribution in [3.63, 3.8) is 0 Å². The van der Waals surface area contributed by atoms with Crippen molar-refractivity contribution in [2.24, 2.45) is 10.1 Å². The van der Waals surface area contributed by atoms with Crippen molar-refractivity contribution >= 4 is 17.9 Å². The second-order valence-electron chi connectivity index (χ2n) is 5.70. The Kier molecular flexibility index (Phi) is 4.11. The molecular formula is C16H22FN5. The van der Waals surface area contributed by atoms with Crippen LogP contribution in [0.2, 0.25) is 0 Å². The molecule has 1 saturated heterocycles. The molecule has 22 heavy (non-hydrogen) atoms. The van der Waals surface area contributed by atoms with Gasteiger partial charge in [-0.1, -0.05) is 0 Å². The van der Waals surface area contributed by atoms with Crippen LogP contribution in [-0.2, 0) is 0 Å². The van der Waals surface area contributed by atoms with Gasteiger partial charge >= 0.3 is 0 Å². The van der Waals surface area contributed by atoms with E-state index in [9.17, 15) is 4.39 Å². The number of hydrogen-bond donors (Lipinski definition) is 1. The first-order valence-electron chi connectivity index (χ1n) is 7.74. The Balaban J connectivity index is 2.07. The third-order valence-corrected chi connectivity index (χ3v) is 4.19. The minimum absolute atomic E-state index is 0.0351. The van der Waals surface area contributed by atoms with Gasteiger partial charge in [0.25, 0.3) is 0 Å². The van der Waals surface area contributed by atoms with Crippen molar-refractivity contribution < 1.29 is 4.39 Å². The number of aliphatic imine (C=N–C) groups is 1. The van der Waals surface area contributed by atoms with Crippen LogP contribution in [0.25, 0.3) is 0 Å². The van der Waals surface area contributed by atoms with Crippen LogP contribution >= 0.6 is 0 Å². The molecule has 0 spiro atoms. The van der Waals surface area contributed by atoms with Crippen molar-refractivity contribution in [1.29, 1.82) is 0 Å². The van der Waals surface area contributed by atoms with E-state index in [0.29, 0.717) is 11.3 Å². The normalized spacial score (nSPS) is 22.0. The largest absolute Gasteiger partial charge is 0.338 e. The first-order chi connectivity index (χ1) is 10.6. The summed E-state index contributed by atoms with van der Waals surface area (Å²) in [7, 11) is 0. The van der Waals surface area contributed by atoms with Gasteiger partial charge < -0.3 is 10.2 Å². The van der Waals surface area contributed by atoms with E-state index in [0.717, 1.165) is 37.7 Å². The third kappa shape index (κ3) is 2.59. The van der Waals surface area contributed by atoms with Gasteiger partial charge in [-0.3, -0.25) is 0 Å². The summed E-state index contributed by atoms with van der Waals surface area (Å²) in [5.74, 6) is 0.602. The van der Waals surface area contributed by atoms with Gasteiger partial charge in [0, 0.05) is 44.0 Å². The molecule has 5 nitrogen and oxygen atoms in total. The molecule has 1 unspecified atom stereocenters. The number of hydrogen-bond acceptors (Lipinski definition) is 5. The van der Waals surface area contributed by atoms with Crippen molar-refractivity contribution in [1.82, 2.24) is 15.2 Å². The molecule has 0 amide bonds. The average molecular weight is 303 g/mol. The molecule has 0 aromatic heterocycles. The number of piperazine rings is 1. The first-order valence-corrected chi connectivity index (χ1v) is 7.74. The lowest BCUT2D eigenvalue weighted by Crippen LogP contribution is -2.52. The maximum atomic E-state index is 13.9. The summed E-state index contributed by atoms with van der Waals surface area (Å²) in [5.41, 5.74) is 2.38. The molecule has 0 saturated carbocycles. The highest BCUT2D eigenvalue weighted by molar-refractivity contribution is 5.86. The van der Waals surface area contributed by atoms with Crippen LogP contribution in [0.5, 0.6) is 0 Å². The van der Waals surface area contributed by atoms with E-state index in [1.165, 1.54) is 6.07 Å². The van der Waals surface area contributed by atoms with Crippen LogP contribution in [0.3, 0.4) is 0 Å². The summed E-state index contributed by atoms with van der Waals surface area (Å²) in [6, 6.07) is 3.45. The zero-order chi connectivity index (χ0) is 15.7. The first kappa shape index (κ1) is 15.0. The second-order valence-corrected chi connectivity index (χ2v) is 5.70. The Morgan fingerprint density at radius 3 is 2.77 bits per heavy atom. The number of aryl methyl sites for hydroxylation is 1. The lowest BCUT2D eigenvalue weighted by atomic mass is 10.0. The van der Waals surface area contributed by atoms with Gasteiger partial charge in [-0.25, -0.2) is 14.4 Å². The van der Waals surface area contributed by atoms with Crippen LogP contribution in [0.4, 0.5) is 10.1 Å². The highest BCUT2D eigenvalue weighted by Gasteiger charge is 2.31. The minimum atomic E-state index is -0.207. The monoisotopic (exact) mass is 303 g/mol. The fraction of sp³-hybridized carbons (Fsp3) is 0.500. The Morgan fingerprint density at radius 2 is 2.09 bits per heavy atom. The van der Waals surface area contributed by atoms with E-state index in [1.807, 2.05) is 18.0 Å². The Labute approximate surface area is 130 Å². The minimum Gasteiger partial charge on any atom is -0.338 e. The van der Waals surface area contributed by atoms with E-state index >= 15 is 0 Å². The molecule has 3 rings (SSSR count). The van der Waals surface area contributed by atoms with Crippen LogP contribution in [0.15, 0.2) is 22.2 Å². The zero-order valence-electron chi connectivity index (χ0n) is 13.3. The quantitative estimate of drug-likeness (QED) is 0.810. The number of hydrazone groups is 1. The summed E-state index contributed by atoms with van der Waals surface area (Å²) >= 11 is 0. The smallest absolute Gasteiger partial charge is 0.223 e. The fourth-order valence-corrected chi connectivity index (χ4v) is 2.95. The second kappa shape index (κ2) is 6.04. The molecule has 0 aliphatic carbocycles. The van der Waals surface area contributed by atoms with Crippen LogP contribution in [0.1, 0.15) is 31.0 Å². The lowest BCUT2D eigenvalue weighted by Gasteiger charge is -2.39. The Hall–Kier alpha value is -1.95. The highest BCUT2D eigenvalue weighted by Crippen LogP contribution is 2.37. The summed E-state index contributed by atoms with van der Waals surface area (Å²) in [4.78, 5) is 6.92. The van der Waals surface area contributed by atoms with Crippen molar-refractivity contribution in [3.8, 4) is 0 Å². The maximum absolute atomic E-state index is 13.9. The number of fused-ring (bicyclic) bond motifs is 1. The number of nitrogens with zero attached hydrogens (tertiary/aromatic N) is 4. The molecular weight excluding hydrogens is 281 g/mol.